The number of aryl methyl sites for hydroxylation is 1. The molecule has 1 saturated heterocycles. The van der Waals surface area contributed by atoms with Gasteiger partial charge in [-0.3, -0.25) is 0 Å². The maximum atomic E-state index is 13.7. The van der Waals surface area contributed by atoms with E-state index in [4.69, 9.17) is 0 Å². The molecule has 1 heterocycles. The molecule has 0 amide bonds. The molecule has 0 spiro atoms. The van der Waals surface area contributed by atoms with Crippen LogP contribution in [0.5, 0.6) is 0 Å². The highest BCUT2D eigenvalue weighted by molar-refractivity contribution is 5.14. The quantitative estimate of drug-likeness (QED) is 0.800. The van der Waals surface area contributed by atoms with Gasteiger partial charge in [0.15, 0.2) is 0 Å². The average Bonchev–Trinajstić information content (AvgIpc) is 2.81. The minimum absolute atomic E-state index is 0.105. The summed E-state index contributed by atoms with van der Waals surface area (Å²) in [6.07, 6.45) is 2.92. The molecule has 82 valence electrons. The summed E-state index contributed by atoms with van der Waals surface area (Å²) in [6, 6.07) is 10.2. The van der Waals surface area contributed by atoms with Crippen molar-refractivity contribution in [1.29, 1.82) is 0 Å². The maximum absolute atomic E-state index is 13.7. The second-order valence-electron chi connectivity index (χ2n) is 4.24. The lowest BCUT2D eigenvalue weighted by molar-refractivity contribution is 0.250. The van der Waals surface area contributed by atoms with Crippen LogP contribution >= 0.6 is 0 Å². The molecule has 1 aromatic carbocycles. The largest absolute Gasteiger partial charge is 0.311 e. The minimum Gasteiger partial charge on any atom is -0.311 e. The summed E-state index contributed by atoms with van der Waals surface area (Å²) in [5.41, 5.74) is 1.23. The molecular weight excluding hydrogens is 189 g/mol. The van der Waals surface area contributed by atoms with Crippen LogP contribution in [0.2, 0.25) is 0 Å². The zero-order chi connectivity index (χ0) is 10.5. The highest BCUT2D eigenvalue weighted by atomic mass is 19.1. The topological polar surface area (TPSA) is 12.0 Å². The molecule has 1 aliphatic heterocycles. The van der Waals surface area contributed by atoms with Crippen molar-refractivity contribution in [1.82, 2.24) is 5.32 Å². The molecule has 2 unspecified atom stereocenters. The number of benzene rings is 1. The normalized spacial score (nSPS) is 22.9. The second kappa shape index (κ2) is 5.26. The van der Waals surface area contributed by atoms with Crippen LogP contribution in [0.15, 0.2) is 30.3 Å². The molecule has 15 heavy (non-hydrogen) atoms. The zero-order valence-corrected chi connectivity index (χ0v) is 8.95. The first kappa shape index (κ1) is 10.6. The molecule has 0 saturated carbocycles. The maximum Gasteiger partial charge on any atom is 0.116 e. The molecule has 2 heteroatoms. The predicted molar refractivity (Wildman–Crippen MR) is 60.7 cm³/mol. The monoisotopic (exact) mass is 207 g/mol. The number of alkyl halides is 1. The van der Waals surface area contributed by atoms with Crippen LogP contribution in [0, 0.1) is 0 Å². The third kappa shape index (κ3) is 3.03. The van der Waals surface area contributed by atoms with E-state index in [0.29, 0.717) is 6.42 Å². The molecular formula is C13H18FN. The summed E-state index contributed by atoms with van der Waals surface area (Å²) in [5.74, 6) is 0. The predicted octanol–water partition coefficient (Wildman–Crippen LogP) is 2.71. The van der Waals surface area contributed by atoms with Gasteiger partial charge in [0.25, 0.3) is 0 Å². The van der Waals surface area contributed by atoms with E-state index in [1.54, 1.807) is 0 Å². The number of hydrogen-bond donors (Lipinski definition) is 1. The standard InChI is InChI=1S/C13H18FN/c14-12(13-7-4-10-15-13)9-8-11-5-2-1-3-6-11/h1-3,5-6,12-13,15H,4,7-10H2. The summed E-state index contributed by atoms with van der Waals surface area (Å²) >= 11 is 0. The van der Waals surface area contributed by atoms with Gasteiger partial charge in [-0.2, -0.15) is 0 Å². The van der Waals surface area contributed by atoms with Crippen molar-refractivity contribution in [3.8, 4) is 0 Å². The second-order valence-corrected chi connectivity index (χ2v) is 4.24. The van der Waals surface area contributed by atoms with Crippen LogP contribution in [-0.4, -0.2) is 18.8 Å². The zero-order valence-electron chi connectivity index (χ0n) is 8.95. The molecule has 0 radical (unpaired) electrons. The van der Waals surface area contributed by atoms with Gasteiger partial charge < -0.3 is 5.32 Å². The molecule has 1 fully saturated rings. The number of nitrogens with one attached hydrogen (secondary N) is 1. The first-order valence-electron chi connectivity index (χ1n) is 5.77. The first-order chi connectivity index (χ1) is 7.36. The lowest BCUT2D eigenvalue weighted by Gasteiger charge is -2.15. The minimum atomic E-state index is -0.687. The van der Waals surface area contributed by atoms with Gasteiger partial charge in [-0.15, -0.1) is 0 Å². The Morgan fingerprint density at radius 2 is 2.13 bits per heavy atom. The lowest BCUT2D eigenvalue weighted by Crippen LogP contribution is -2.32. The summed E-state index contributed by atoms with van der Waals surface area (Å²) in [6.45, 7) is 0.983. The first-order valence-corrected chi connectivity index (χ1v) is 5.77. The molecule has 2 rings (SSSR count). The van der Waals surface area contributed by atoms with Crippen molar-refractivity contribution in [2.45, 2.75) is 37.9 Å². The van der Waals surface area contributed by atoms with Gasteiger partial charge in [-0.05, 0) is 37.8 Å². The van der Waals surface area contributed by atoms with Gasteiger partial charge in [0.2, 0.25) is 0 Å². The Hall–Kier alpha value is -0.890. The Bertz CT molecular complexity index is 280. The third-order valence-corrected chi connectivity index (χ3v) is 3.09. The molecule has 1 aliphatic rings. The summed E-state index contributed by atoms with van der Waals surface area (Å²) in [5, 5.41) is 3.22. The van der Waals surface area contributed by atoms with Crippen LogP contribution in [0.4, 0.5) is 4.39 Å². The van der Waals surface area contributed by atoms with Crippen molar-refractivity contribution in [2.24, 2.45) is 0 Å². The van der Waals surface area contributed by atoms with Crippen molar-refractivity contribution in [3.63, 3.8) is 0 Å². The van der Waals surface area contributed by atoms with Crippen LogP contribution in [-0.2, 0) is 6.42 Å². The van der Waals surface area contributed by atoms with E-state index in [2.05, 4.69) is 17.4 Å². The van der Waals surface area contributed by atoms with Crippen molar-refractivity contribution in [2.75, 3.05) is 6.54 Å². The van der Waals surface area contributed by atoms with Crippen molar-refractivity contribution >= 4 is 0 Å². The molecule has 2 atom stereocenters. The van der Waals surface area contributed by atoms with Crippen LogP contribution in [0.3, 0.4) is 0 Å². The molecule has 0 aromatic heterocycles. The molecule has 1 aromatic rings. The Balaban J connectivity index is 1.77. The van der Waals surface area contributed by atoms with E-state index in [9.17, 15) is 4.39 Å². The Labute approximate surface area is 90.7 Å². The van der Waals surface area contributed by atoms with E-state index in [1.807, 2.05) is 18.2 Å². The van der Waals surface area contributed by atoms with E-state index in [1.165, 1.54) is 5.56 Å². The lowest BCUT2D eigenvalue weighted by atomic mass is 10.0. The Morgan fingerprint density at radius 3 is 2.80 bits per heavy atom. The smallest absolute Gasteiger partial charge is 0.116 e. The molecule has 0 aliphatic carbocycles. The summed E-state index contributed by atoms with van der Waals surface area (Å²) in [4.78, 5) is 0. The fourth-order valence-corrected chi connectivity index (χ4v) is 2.17. The van der Waals surface area contributed by atoms with Crippen molar-refractivity contribution < 1.29 is 4.39 Å². The molecule has 1 nitrogen and oxygen atoms in total. The number of rotatable bonds is 4. The SMILES string of the molecule is FC(CCc1ccccc1)C1CCCN1. The number of hydrogen-bond acceptors (Lipinski definition) is 1. The average molecular weight is 207 g/mol. The van der Waals surface area contributed by atoms with Gasteiger partial charge in [0.05, 0.1) is 0 Å². The number of halogens is 1. The summed E-state index contributed by atoms with van der Waals surface area (Å²) < 4.78 is 13.7. The van der Waals surface area contributed by atoms with E-state index < -0.39 is 6.17 Å². The van der Waals surface area contributed by atoms with E-state index in [-0.39, 0.29) is 6.04 Å². The summed E-state index contributed by atoms with van der Waals surface area (Å²) in [7, 11) is 0. The van der Waals surface area contributed by atoms with Gasteiger partial charge in [0.1, 0.15) is 6.17 Å². The van der Waals surface area contributed by atoms with Gasteiger partial charge in [0, 0.05) is 6.04 Å². The fraction of sp³-hybridized carbons (Fsp3) is 0.538. The van der Waals surface area contributed by atoms with Gasteiger partial charge in [-0.25, -0.2) is 4.39 Å². The Kier molecular flexibility index (Phi) is 3.73. The molecule has 0 bridgehead atoms. The fourth-order valence-electron chi connectivity index (χ4n) is 2.17. The van der Waals surface area contributed by atoms with Crippen molar-refractivity contribution in [3.05, 3.63) is 35.9 Å². The third-order valence-electron chi connectivity index (χ3n) is 3.09. The van der Waals surface area contributed by atoms with Crippen LogP contribution in [0.25, 0.3) is 0 Å². The molecule has 1 N–H and O–H groups in total. The van der Waals surface area contributed by atoms with Gasteiger partial charge in [-0.1, -0.05) is 30.3 Å². The van der Waals surface area contributed by atoms with E-state index >= 15 is 0 Å². The van der Waals surface area contributed by atoms with Crippen LogP contribution in [0.1, 0.15) is 24.8 Å². The Morgan fingerprint density at radius 1 is 1.33 bits per heavy atom. The highest BCUT2D eigenvalue weighted by Gasteiger charge is 2.23. The highest BCUT2D eigenvalue weighted by Crippen LogP contribution is 2.16. The van der Waals surface area contributed by atoms with E-state index in [0.717, 1.165) is 25.8 Å². The van der Waals surface area contributed by atoms with Gasteiger partial charge >= 0.3 is 0 Å². The van der Waals surface area contributed by atoms with Crippen LogP contribution < -0.4 is 5.32 Å².